The Hall–Kier alpha value is -2.55. The summed E-state index contributed by atoms with van der Waals surface area (Å²) in [6.45, 7) is 3.34. The van der Waals surface area contributed by atoms with E-state index in [1.807, 2.05) is 6.92 Å². The number of nitrogens with zero attached hydrogens (tertiary/aromatic N) is 4. The Morgan fingerprint density at radius 2 is 2.09 bits per heavy atom. The number of amides is 1. The Balaban J connectivity index is 2.45. The maximum atomic E-state index is 11.4. The fourth-order valence-corrected chi connectivity index (χ4v) is 2.64. The van der Waals surface area contributed by atoms with Gasteiger partial charge < -0.3 is 15.4 Å². The van der Waals surface area contributed by atoms with Crippen LogP contribution in [0.1, 0.15) is 11.9 Å². The second-order valence-corrected chi connectivity index (χ2v) is 5.89. The molecule has 0 aliphatic carbocycles. The van der Waals surface area contributed by atoms with Crippen LogP contribution in [0.15, 0.2) is 22.4 Å². The number of anilines is 2. The van der Waals surface area contributed by atoms with E-state index in [9.17, 15) is 4.79 Å². The highest BCUT2D eigenvalue weighted by atomic mass is 32.1. The molecule has 2 aromatic rings. The largest absolute Gasteiger partial charge is 0.495 e. The molecule has 1 amide bonds. The first-order chi connectivity index (χ1) is 10.9. The summed E-state index contributed by atoms with van der Waals surface area (Å²) in [4.78, 5) is 11.4. The molecule has 122 valence electrons. The van der Waals surface area contributed by atoms with Crippen LogP contribution in [0.5, 0.6) is 5.75 Å². The third-order valence-electron chi connectivity index (χ3n) is 2.95. The van der Waals surface area contributed by atoms with Gasteiger partial charge in [-0.15, -0.1) is 4.68 Å². The summed E-state index contributed by atoms with van der Waals surface area (Å²) in [6, 6.07) is 3.47. The van der Waals surface area contributed by atoms with Gasteiger partial charge in [0.15, 0.2) is 0 Å². The van der Waals surface area contributed by atoms with E-state index in [4.69, 9.17) is 4.74 Å². The minimum Gasteiger partial charge on any atom is -0.495 e. The lowest BCUT2D eigenvalue weighted by molar-refractivity contribution is -0.714. The van der Waals surface area contributed by atoms with E-state index in [1.165, 1.54) is 18.3 Å². The van der Waals surface area contributed by atoms with Crippen molar-refractivity contribution < 1.29 is 14.2 Å². The lowest BCUT2D eigenvalue weighted by Crippen LogP contribution is -2.29. The number of ether oxygens (including phenoxy) is 1. The van der Waals surface area contributed by atoms with Crippen molar-refractivity contribution in [2.45, 2.75) is 13.8 Å². The van der Waals surface area contributed by atoms with Gasteiger partial charge in [0, 0.05) is 20.0 Å². The van der Waals surface area contributed by atoms with E-state index in [2.05, 4.69) is 26.0 Å². The van der Waals surface area contributed by atoms with Crippen molar-refractivity contribution in [3.05, 3.63) is 17.1 Å². The molecule has 0 unspecified atom stereocenters. The van der Waals surface area contributed by atoms with Gasteiger partial charge in [0.05, 0.1) is 23.6 Å². The molecule has 0 radical (unpaired) electrons. The SMILES string of the molecule is CNc1cc(NC(C)=O)c(N=Nc2sc(C)n[n+]2C)cc1OC. The van der Waals surface area contributed by atoms with Gasteiger partial charge in [-0.1, -0.05) is 5.10 Å². The molecule has 8 nitrogen and oxygen atoms in total. The topological polar surface area (TPSA) is 91.8 Å². The molecule has 0 fully saturated rings. The molecule has 0 saturated carbocycles. The second kappa shape index (κ2) is 7.14. The average molecular weight is 335 g/mol. The molecule has 0 atom stereocenters. The van der Waals surface area contributed by atoms with Gasteiger partial charge in [-0.05, 0) is 29.4 Å². The minimum atomic E-state index is -0.187. The molecule has 1 aromatic carbocycles. The van der Waals surface area contributed by atoms with Crippen molar-refractivity contribution in [2.24, 2.45) is 17.3 Å². The molecule has 2 N–H and O–H groups in total. The quantitative estimate of drug-likeness (QED) is 0.649. The van der Waals surface area contributed by atoms with Crippen LogP contribution < -0.4 is 20.1 Å². The first-order valence-corrected chi connectivity index (χ1v) is 7.69. The first kappa shape index (κ1) is 16.8. The number of hydrogen-bond acceptors (Lipinski definition) is 7. The Morgan fingerprint density at radius 1 is 1.35 bits per heavy atom. The number of nitrogens with one attached hydrogen (secondary N) is 2. The van der Waals surface area contributed by atoms with Gasteiger partial charge in [0.1, 0.15) is 23.5 Å². The number of azo groups is 1. The van der Waals surface area contributed by atoms with Crippen LogP contribution in [0.2, 0.25) is 0 Å². The number of hydrogen-bond donors (Lipinski definition) is 2. The zero-order chi connectivity index (χ0) is 17.0. The highest BCUT2D eigenvalue weighted by Crippen LogP contribution is 2.37. The zero-order valence-electron chi connectivity index (χ0n) is 13.7. The highest BCUT2D eigenvalue weighted by molar-refractivity contribution is 7.14. The fourth-order valence-electron chi connectivity index (χ4n) is 1.96. The Labute approximate surface area is 138 Å². The Kier molecular flexibility index (Phi) is 5.22. The molecular weight excluding hydrogens is 316 g/mol. The lowest BCUT2D eigenvalue weighted by atomic mass is 10.2. The third-order valence-corrected chi connectivity index (χ3v) is 3.85. The van der Waals surface area contributed by atoms with Crippen molar-refractivity contribution >= 4 is 39.4 Å². The average Bonchev–Trinajstić information content (AvgIpc) is 2.82. The van der Waals surface area contributed by atoms with Crippen LogP contribution in [0.25, 0.3) is 0 Å². The summed E-state index contributed by atoms with van der Waals surface area (Å²) in [5.74, 6) is 0.424. The van der Waals surface area contributed by atoms with E-state index in [0.717, 1.165) is 10.7 Å². The van der Waals surface area contributed by atoms with Gasteiger partial charge in [-0.2, -0.15) is 0 Å². The van der Waals surface area contributed by atoms with Crippen LogP contribution in [0, 0.1) is 6.92 Å². The van der Waals surface area contributed by atoms with Crippen molar-refractivity contribution in [2.75, 3.05) is 24.8 Å². The number of benzene rings is 1. The van der Waals surface area contributed by atoms with Crippen molar-refractivity contribution in [1.82, 2.24) is 5.10 Å². The molecule has 1 aromatic heterocycles. The molecule has 0 aliphatic rings. The van der Waals surface area contributed by atoms with Crippen molar-refractivity contribution in [3.8, 4) is 5.75 Å². The monoisotopic (exact) mass is 335 g/mol. The molecular formula is C14H19N6O2S+. The molecule has 2 rings (SSSR count). The summed E-state index contributed by atoms with van der Waals surface area (Å²) in [5.41, 5.74) is 1.80. The molecule has 23 heavy (non-hydrogen) atoms. The van der Waals surface area contributed by atoms with E-state index in [-0.39, 0.29) is 5.91 Å². The van der Waals surface area contributed by atoms with Gasteiger partial charge in [-0.25, -0.2) is 0 Å². The standard InChI is InChI=1S/C14H18N6O2S/c1-8(21)16-10-6-12(15-3)13(22-5)7-11(10)17-18-14-20(4)19-9(2)23-14/h6-7H,1-5H3,(H,15,16,21)/p+1. The van der Waals surface area contributed by atoms with E-state index in [0.29, 0.717) is 22.3 Å². The van der Waals surface area contributed by atoms with Gasteiger partial charge in [-0.3, -0.25) is 4.79 Å². The molecule has 1 heterocycles. The maximum Gasteiger partial charge on any atom is 0.430 e. The summed E-state index contributed by atoms with van der Waals surface area (Å²) >= 11 is 1.43. The molecule has 0 spiro atoms. The number of aryl methyl sites for hydroxylation is 2. The number of methoxy groups -OCH3 is 1. The lowest BCUT2D eigenvalue weighted by Gasteiger charge is -2.12. The predicted molar refractivity (Wildman–Crippen MR) is 89.0 cm³/mol. The smallest absolute Gasteiger partial charge is 0.430 e. The number of carbonyl (C=O) groups excluding carboxylic acids is 1. The normalized spacial score (nSPS) is 10.8. The molecule has 0 saturated heterocycles. The third kappa shape index (κ3) is 4.01. The fraction of sp³-hybridized carbons (Fsp3) is 0.357. The van der Waals surface area contributed by atoms with Crippen LogP contribution in [-0.2, 0) is 11.8 Å². The maximum absolute atomic E-state index is 11.4. The summed E-state index contributed by atoms with van der Waals surface area (Å²) in [6.07, 6.45) is 0. The summed E-state index contributed by atoms with van der Waals surface area (Å²) < 4.78 is 6.98. The molecule has 0 bridgehead atoms. The number of aromatic nitrogens is 2. The zero-order valence-corrected chi connectivity index (χ0v) is 14.5. The van der Waals surface area contributed by atoms with E-state index < -0.39 is 0 Å². The van der Waals surface area contributed by atoms with Gasteiger partial charge >= 0.3 is 5.13 Å². The van der Waals surface area contributed by atoms with Crippen LogP contribution >= 0.6 is 11.3 Å². The van der Waals surface area contributed by atoms with Crippen LogP contribution in [0.4, 0.5) is 22.2 Å². The van der Waals surface area contributed by atoms with E-state index >= 15 is 0 Å². The molecule has 9 heteroatoms. The number of rotatable bonds is 5. The predicted octanol–water partition coefficient (Wildman–Crippen LogP) is 2.70. The Morgan fingerprint density at radius 3 is 2.61 bits per heavy atom. The summed E-state index contributed by atoms with van der Waals surface area (Å²) in [5, 5.41) is 20.0. The van der Waals surface area contributed by atoms with Crippen molar-refractivity contribution in [3.63, 3.8) is 0 Å². The van der Waals surface area contributed by atoms with E-state index in [1.54, 1.807) is 38.0 Å². The summed E-state index contributed by atoms with van der Waals surface area (Å²) in [7, 11) is 5.15. The second-order valence-electron chi connectivity index (χ2n) is 4.73. The van der Waals surface area contributed by atoms with Crippen LogP contribution in [0.3, 0.4) is 0 Å². The van der Waals surface area contributed by atoms with Crippen LogP contribution in [-0.4, -0.2) is 25.2 Å². The first-order valence-electron chi connectivity index (χ1n) is 6.87. The minimum absolute atomic E-state index is 0.187. The molecule has 0 aliphatic heterocycles. The van der Waals surface area contributed by atoms with Gasteiger partial charge in [0.2, 0.25) is 5.91 Å². The highest BCUT2D eigenvalue weighted by Gasteiger charge is 2.16. The number of carbonyl (C=O) groups is 1. The van der Waals surface area contributed by atoms with Crippen molar-refractivity contribution in [1.29, 1.82) is 0 Å². The van der Waals surface area contributed by atoms with Gasteiger partial charge in [0.25, 0.3) is 0 Å². The Bertz CT molecular complexity index is 756.